The van der Waals surface area contributed by atoms with Gasteiger partial charge in [-0.25, -0.2) is 9.13 Å². The summed E-state index contributed by atoms with van der Waals surface area (Å²) in [4.78, 5) is 58.4. The second kappa shape index (κ2) is 67.2. The number of carbonyl (C=O) groups is 3. The number of ether oxygens (including phenoxy) is 3. The normalized spacial score (nSPS) is 15.1. The van der Waals surface area contributed by atoms with Crippen molar-refractivity contribution in [2.75, 3.05) is 39.6 Å². The third-order valence-electron chi connectivity index (χ3n) is 13.7. The first-order chi connectivity index (χ1) is 45.2. The molecular formula is C75H122O16P2. The van der Waals surface area contributed by atoms with Crippen molar-refractivity contribution in [3.63, 3.8) is 0 Å². The highest BCUT2D eigenvalue weighted by atomic mass is 31.2. The molecular weight excluding hydrogens is 1220 g/mol. The van der Waals surface area contributed by atoms with Crippen molar-refractivity contribution in [2.24, 2.45) is 0 Å². The van der Waals surface area contributed by atoms with E-state index in [-0.39, 0.29) is 19.3 Å². The van der Waals surface area contributed by atoms with Gasteiger partial charge in [0, 0.05) is 19.3 Å². The molecule has 5 unspecified atom stereocenters. The van der Waals surface area contributed by atoms with Crippen LogP contribution in [-0.2, 0) is 55.8 Å². The molecule has 0 aromatic carbocycles. The van der Waals surface area contributed by atoms with Gasteiger partial charge in [0.25, 0.3) is 0 Å². The molecule has 16 nitrogen and oxygen atoms in total. The molecule has 0 bridgehead atoms. The number of aliphatic hydroxyl groups excluding tert-OH is 2. The Kier molecular flexibility index (Phi) is 63.7. The molecule has 0 heterocycles. The smallest absolute Gasteiger partial charge is 0.463 e. The minimum absolute atomic E-state index is 0.0707. The van der Waals surface area contributed by atoms with E-state index in [9.17, 15) is 43.5 Å². The van der Waals surface area contributed by atoms with Gasteiger partial charge in [0.2, 0.25) is 0 Å². The summed E-state index contributed by atoms with van der Waals surface area (Å²) in [7, 11) is -9.81. The first kappa shape index (κ1) is 88.2. The summed E-state index contributed by atoms with van der Waals surface area (Å²) in [6.07, 6.45) is 81.6. The summed E-state index contributed by atoms with van der Waals surface area (Å²) >= 11 is 0. The van der Waals surface area contributed by atoms with Gasteiger partial charge >= 0.3 is 33.6 Å². The molecule has 93 heavy (non-hydrogen) atoms. The Hall–Kier alpha value is -4.83. The molecule has 0 fully saturated rings. The third kappa shape index (κ3) is 68.4. The molecule has 0 amide bonds. The number of rotatable bonds is 64. The Morgan fingerprint density at radius 1 is 0.312 bits per heavy atom. The van der Waals surface area contributed by atoms with E-state index in [4.69, 9.17) is 32.3 Å². The number of carbonyl (C=O) groups excluding carboxylic acids is 3. The van der Waals surface area contributed by atoms with E-state index in [2.05, 4.69) is 167 Å². The highest BCUT2D eigenvalue weighted by Crippen LogP contribution is 2.45. The maximum atomic E-state index is 12.9. The SMILES string of the molecule is CC/C=C\C/C=C\C/C=C\C/C=C\C/C=C\C/C=C\CCCCCCCCC(=O)OCC(O)COP(=O)(O)OCC(O)COP(=O)(O)OCC(COC(=O)CCC/C=C\C/C=C\C/C=C\C/C=C\C/C=C\CC)OC(=O)CCCCCCC/C=C\C/C=C\CCCCC. The van der Waals surface area contributed by atoms with E-state index in [1.165, 1.54) is 19.3 Å². The molecule has 0 saturated heterocycles. The van der Waals surface area contributed by atoms with Crippen LogP contribution < -0.4 is 0 Å². The first-order valence-corrected chi connectivity index (χ1v) is 37.8. The zero-order valence-corrected chi connectivity index (χ0v) is 58.9. The number of hydrogen-bond donors (Lipinski definition) is 4. The zero-order chi connectivity index (χ0) is 68.1. The van der Waals surface area contributed by atoms with Crippen molar-refractivity contribution >= 4 is 33.6 Å². The fourth-order valence-electron chi connectivity index (χ4n) is 8.46. The van der Waals surface area contributed by atoms with Crippen LogP contribution in [0.3, 0.4) is 0 Å². The van der Waals surface area contributed by atoms with Crippen LogP contribution >= 0.6 is 15.6 Å². The summed E-state index contributed by atoms with van der Waals surface area (Å²) in [5.74, 6) is -1.69. The third-order valence-corrected chi connectivity index (χ3v) is 15.6. The van der Waals surface area contributed by atoms with Crippen molar-refractivity contribution in [1.29, 1.82) is 0 Å². The van der Waals surface area contributed by atoms with Gasteiger partial charge in [0.05, 0.1) is 26.4 Å². The van der Waals surface area contributed by atoms with Crippen molar-refractivity contribution in [2.45, 2.75) is 257 Å². The molecule has 4 N–H and O–H groups in total. The molecule has 0 aliphatic rings. The number of esters is 3. The summed E-state index contributed by atoms with van der Waals surface area (Å²) < 4.78 is 60.8. The van der Waals surface area contributed by atoms with Crippen LogP contribution in [0.4, 0.5) is 0 Å². The van der Waals surface area contributed by atoms with Gasteiger partial charge in [-0.15, -0.1) is 0 Å². The van der Waals surface area contributed by atoms with Crippen LogP contribution in [0.2, 0.25) is 0 Å². The lowest BCUT2D eigenvalue weighted by Crippen LogP contribution is -2.30. The standard InChI is InChI=1S/C75H122O16P2/c1-4-7-10-13-16-19-22-25-28-30-31-32-33-34-35-36-37-39-42-43-46-49-52-55-58-61-73(78)85-64-70(76)65-87-92(81,82)88-66-71(77)67-89-93(83,84)90-69-72(91-75(80)63-60-57-54-51-48-45-40-27-24-21-18-15-12-9-6-3)68-86-74(79)62-59-56-53-50-47-44-41-38-29-26-23-20-17-14-11-8-5-2/h7-8,10-11,16-21,25-29,31-32,34-35,37,39-41,44,50,53,70-72,76-77H,4-6,9,12-15,22-24,30,33,36,38,42-43,45-49,51-52,54-69H2,1-3H3,(H,81,82)(H,83,84)/b10-7-,11-8-,19-16-,20-17-,21-18-,28-25-,29-26-,32-31-,35-34-,39-37-,40-27-,44-41-,53-50-. The molecule has 0 aliphatic heterocycles. The maximum absolute atomic E-state index is 12.9. The highest BCUT2D eigenvalue weighted by Gasteiger charge is 2.29. The minimum atomic E-state index is -4.95. The van der Waals surface area contributed by atoms with E-state index in [1.54, 1.807) is 0 Å². The van der Waals surface area contributed by atoms with Gasteiger partial charge in [0.1, 0.15) is 25.4 Å². The molecule has 528 valence electrons. The summed E-state index contributed by atoms with van der Waals surface area (Å²) in [6, 6.07) is 0. The van der Waals surface area contributed by atoms with Gasteiger partial charge in [-0.1, -0.05) is 237 Å². The van der Waals surface area contributed by atoms with Gasteiger partial charge in [-0.2, -0.15) is 0 Å². The topological polar surface area (TPSA) is 231 Å². The summed E-state index contributed by atoms with van der Waals surface area (Å²) in [6.45, 7) is 2.28. The number of unbranched alkanes of at least 4 members (excludes halogenated alkanes) is 15. The molecule has 0 spiro atoms. The lowest BCUT2D eigenvalue weighted by Gasteiger charge is -2.21. The largest absolute Gasteiger partial charge is 0.472 e. The molecule has 0 rings (SSSR count). The predicted molar refractivity (Wildman–Crippen MR) is 380 cm³/mol. The van der Waals surface area contributed by atoms with Gasteiger partial charge in [-0.05, 0) is 141 Å². The van der Waals surface area contributed by atoms with Crippen LogP contribution in [0.15, 0.2) is 158 Å². The minimum Gasteiger partial charge on any atom is -0.463 e. The van der Waals surface area contributed by atoms with Crippen molar-refractivity contribution in [3.8, 4) is 0 Å². The molecule has 0 radical (unpaired) electrons. The zero-order valence-electron chi connectivity index (χ0n) is 57.1. The van der Waals surface area contributed by atoms with E-state index >= 15 is 0 Å². The van der Waals surface area contributed by atoms with E-state index in [0.717, 1.165) is 154 Å². The molecule has 5 atom stereocenters. The highest BCUT2D eigenvalue weighted by molar-refractivity contribution is 7.47. The van der Waals surface area contributed by atoms with Crippen LogP contribution in [0.1, 0.15) is 239 Å². The summed E-state index contributed by atoms with van der Waals surface area (Å²) in [5, 5.41) is 20.6. The Morgan fingerprint density at radius 3 is 0.946 bits per heavy atom. The molecule has 0 saturated carbocycles. The lowest BCUT2D eigenvalue weighted by molar-refractivity contribution is -0.161. The average Bonchev–Trinajstić information content (AvgIpc) is 2.84. The Balaban J connectivity index is 4.68. The Bertz CT molecular complexity index is 2320. The lowest BCUT2D eigenvalue weighted by atomic mass is 10.1. The van der Waals surface area contributed by atoms with Crippen molar-refractivity contribution < 1.29 is 75.8 Å². The van der Waals surface area contributed by atoms with Gasteiger partial charge < -0.3 is 34.2 Å². The van der Waals surface area contributed by atoms with Gasteiger partial charge in [0.15, 0.2) is 6.10 Å². The predicted octanol–water partition coefficient (Wildman–Crippen LogP) is 19.5. The van der Waals surface area contributed by atoms with E-state index < -0.39 is 91.5 Å². The van der Waals surface area contributed by atoms with Crippen LogP contribution in [-0.4, -0.2) is 95.9 Å². The fraction of sp³-hybridized carbons (Fsp3) is 0.613. The number of phosphoric acid groups is 2. The molecule has 0 aliphatic carbocycles. The van der Waals surface area contributed by atoms with Crippen LogP contribution in [0.25, 0.3) is 0 Å². The second-order valence-electron chi connectivity index (χ2n) is 22.6. The maximum Gasteiger partial charge on any atom is 0.472 e. The monoisotopic (exact) mass is 1340 g/mol. The van der Waals surface area contributed by atoms with Crippen molar-refractivity contribution in [1.82, 2.24) is 0 Å². The van der Waals surface area contributed by atoms with Gasteiger partial charge in [-0.3, -0.25) is 32.5 Å². The number of aliphatic hydroxyl groups is 2. The fourth-order valence-corrected chi connectivity index (χ4v) is 10.0. The Labute approximate surface area is 561 Å². The number of allylic oxidation sites excluding steroid dienone is 26. The van der Waals surface area contributed by atoms with Crippen molar-refractivity contribution in [3.05, 3.63) is 158 Å². The summed E-state index contributed by atoms with van der Waals surface area (Å²) in [5.41, 5.74) is 0. The molecule has 18 heteroatoms. The number of hydrogen-bond acceptors (Lipinski definition) is 14. The number of phosphoric ester groups is 2. The van der Waals surface area contributed by atoms with E-state index in [0.29, 0.717) is 25.7 Å². The van der Waals surface area contributed by atoms with Crippen LogP contribution in [0, 0.1) is 0 Å². The van der Waals surface area contributed by atoms with Crippen LogP contribution in [0.5, 0.6) is 0 Å². The first-order valence-electron chi connectivity index (χ1n) is 34.8. The van der Waals surface area contributed by atoms with E-state index in [1.807, 2.05) is 12.2 Å². The Morgan fingerprint density at radius 2 is 0.581 bits per heavy atom. The molecule has 0 aromatic heterocycles. The quantitative estimate of drug-likeness (QED) is 0.0146. The molecule has 0 aromatic rings. The average molecular weight is 1340 g/mol. The second-order valence-corrected chi connectivity index (χ2v) is 25.5.